The van der Waals surface area contributed by atoms with Gasteiger partial charge in [-0.3, -0.25) is 9.59 Å². The fourth-order valence-electron chi connectivity index (χ4n) is 1.75. The van der Waals surface area contributed by atoms with Gasteiger partial charge in [-0.25, -0.2) is 0 Å². The van der Waals surface area contributed by atoms with Crippen LogP contribution in [-0.2, 0) is 9.59 Å². The Morgan fingerprint density at radius 2 is 1.73 bits per heavy atom. The lowest BCUT2D eigenvalue weighted by Crippen LogP contribution is -2.40. The number of primary amides is 1. The molecule has 0 spiro atoms. The fraction of sp³-hybridized carbons (Fsp3) is 0.750. The molecule has 1 fully saturated rings. The largest absolute Gasteiger partial charge is 0.369 e. The standard InChI is InChI=1S/C8H13NO2/c1-6(10)8(7(9)11)4-2-3-5-8/h2-5H2,1H3,(H2,9,11). The highest BCUT2D eigenvalue weighted by molar-refractivity contribution is 6.04. The second-order valence-electron chi connectivity index (χ2n) is 3.21. The van der Waals surface area contributed by atoms with Gasteiger partial charge < -0.3 is 5.73 Å². The molecule has 1 amide bonds. The summed E-state index contributed by atoms with van der Waals surface area (Å²) in [7, 11) is 0. The van der Waals surface area contributed by atoms with Crippen LogP contribution in [0.25, 0.3) is 0 Å². The first-order valence-corrected chi connectivity index (χ1v) is 3.90. The lowest BCUT2D eigenvalue weighted by molar-refractivity contribution is -0.138. The normalized spacial score (nSPS) is 21.5. The Labute approximate surface area is 66.0 Å². The van der Waals surface area contributed by atoms with Gasteiger partial charge in [-0.05, 0) is 19.8 Å². The molecule has 1 aliphatic carbocycles. The zero-order valence-corrected chi connectivity index (χ0v) is 6.72. The third-order valence-electron chi connectivity index (χ3n) is 2.60. The van der Waals surface area contributed by atoms with Crippen molar-refractivity contribution < 1.29 is 9.59 Å². The van der Waals surface area contributed by atoms with E-state index in [1.54, 1.807) is 0 Å². The highest BCUT2D eigenvalue weighted by Crippen LogP contribution is 2.38. The summed E-state index contributed by atoms with van der Waals surface area (Å²) in [6.07, 6.45) is 3.19. The van der Waals surface area contributed by atoms with Gasteiger partial charge in [-0.2, -0.15) is 0 Å². The molecule has 3 nitrogen and oxygen atoms in total. The van der Waals surface area contributed by atoms with Crippen molar-refractivity contribution in [3.05, 3.63) is 0 Å². The average molecular weight is 155 g/mol. The van der Waals surface area contributed by atoms with E-state index in [1.165, 1.54) is 6.92 Å². The molecular weight excluding hydrogens is 142 g/mol. The van der Waals surface area contributed by atoms with Crippen molar-refractivity contribution >= 4 is 11.7 Å². The summed E-state index contributed by atoms with van der Waals surface area (Å²) in [6.45, 7) is 1.45. The lowest BCUT2D eigenvalue weighted by atomic mass is 9.82. The number of hydrogen-bond donors (Lipinski definition) is 1. The number of carbonyl (C=O) groups is 2. The molecule has 3 heteroatoms. The monoisotopic (exact) mass is 155 g/mol. The van der Waals surface area contributed by atoms with Crippen LogP contribution in [0.3, 0.4) is 0 Å². The van der Waals surface area contributed by atoms with Gasteiger partial charge >= 0.3 is 0 Å². The molecule has 0 heterocycles. The Morgan fingerprint density at radius 1 is 1.27 bits per heavy atom. The molecule has 0 saturated heterocycles. The first-order chi connectivity index (χ1) is 5.09. The fourth-order valence-corrected chi connectivity index (χ4v) is 1.75. The molecule has 1 saturated carbocycles. The number of rotatable bonds is 2. The molecule has 2 N–H and O–H groups in total. The third kappa shape index (κ3) is 1.15. The molecule has 0 aromatic heterocycles. The first-order valence-electron chi connectivity index (χ1n) is 3.90. The van der Waals surface area contributed by atoms with Gasteiger partial charge in [0.2, 0.25) is 5.91 Å². The molecule has 0 aromatic rings. The SMILES string of the molecule is CC(=O)C1(C(N)=O)CCCC1. The van der Waals surface area contributed by atoms with Gasteiger partial charge in [0.25, 0.3) is 0 Å². The Hall–Kier alpha value is -0.860. The maximum atomic E-state index is 11.1. The van der Waals surface area contributed by atoms with Gasteiger partial charge in [0.1, 0.15) is 11.2 Å². The van der Waals surface area contributed by atoms with Crippen LogP contribution >= 0.6 is 0 Å². The lowest BCUT2D eigenvalue weighted by Gasteiger charge is -2.20. The summed E-state index contributed by atoms with van der Waals surface area (Å²) in [6, 6.07) is 0. The quantitative estimate of drug-likeness (QED) is 0.594. The van der Waals surface area contributed by atoms with Crippen molar-refractivity contribution in [3.8, 4) is 0 Å². The summed E-state index contributed by atoms with van der Waals surface area (Å²) in [5, 5.41) is 0. The number of amides is 1. The summed E-state index contributed by atoms with van der Waals surface area (Å²) in [4.78, 5) is 22.1. The van der Waals surface area contributed by atoms with Gasteiger partial charge in [0.05, 0.1) is 0 Å². The topological polar surface area (TPSA) is 60.2 Å². The van der Waals surface area contributed by atoms with Crippen LogP contribution in [0, 0.1) is 5.41 Å². The number of carbonyl (C=O) groups excluding carboxylic acids is 2. The van der Waals surface area contributed by atoms with E-state index in [1.807, 2.05) is 0 Å². The minimum atomic E-state index is -0.806. The third-order valence-corrected chi connectivity index (χ3v) is 2.60. The maximum absolute atomic E-state index is 11.1. The second kappa shape index (κ2) is 2.64. The van der Waals surface area contributed by atoms with Gasteiger partial charge in [0.15, 0.2) is 0 Å². The minimum absolute atomic E-state index is 0.0671. The van der Waals surface area contributed by atoms with E-state index in [0.29, 0.717) is 12.8 Å². The molecule has 0 aliphatic heterocycles. The van der Waals surface area contributed by atoms with Crippen LogP contribution < -0.4 is 5.73 Å². The molecule has 0 unspecified atom stereocenters. The van der Waals surface area contributed by atoms with E-state index in [-0.39, 0.29) is 5.78 Å². The highest BCUT2D eigenvalue weighted by atomic mass is 16.2. The van der Waals surface area contributed by atoms with E-state index in [2.05, 4.69) is 0 Å². The smallest absolute Gasteiger partial charge is 0.231 e. The molecular formula is C8H13NO2. The van der Waals surface area contributed by atoms with Crippen LogP contribution in [0.5, 0.6) is 0 Å². The van der Waals surface area contributed by atoms with Crippen molar-refractivity contribution in [2.24, 2.45) is 11.1 Å². The zero-order chi connectivity index (χ0) is 8.48. The molecule has 11 heavy (non-hydrogen) atoms. The molecule has 1 aliphatic rings. The van der Waals surface area contributed by atoms with Crippen LogP contribution in [0.4, 0.5) is 0 Å². The van der Waals surface area contributed by atoms with Gasteiger partial charge in [-0.15, -0.1) is 0 Å². The van der Waals surface area contributed by atoms with E-state index in [9.17, 15) is 9.59 Å². The van der Waals surface area contributed by atoms with Crippen molar-refractivity contribution in [1.82, 2.24) is 0 Å². The number of hydrogen-bond acceptors (Lipinski definition) is 2. The zero-order valence-electron chi connectivity index (χ0n) is 6.72. The molecule has 0 aromatic carbocycles. The van der Waals surface area contributed by atoms with Crippen LogP contribution in [0.1, 0.15) is 32.6 Å². The summed E-state index contributed by atoms with van der Waals surface area (Å²) in [5.41, 5.74) is 4.37. The Morgan fingerprint density at radius 3 is 1.91 bits per heavy atom. The van der Waals surface area contributed by atoms with Crippen LogP contribution in [-0.4, -0.2) is 11.7 Å². The van der Waals surface area contributed by atoms with Gasteiger partial charge in [-0.1, -0.05) is 12.8 Å². The van der Waals surface area contributed by atoms with Crippen molar-refractivity contribution in [1.29, 1.82) is 0 Å². The maximum Gasteiger partial charge on any atom is 0.231 e. The number of nitrogens with two attached hydrogens (primary N) is 1. The summed E-state index contributed by atoms with van der Waals surface area (Å²) < 4.78 is 0. The van der Waals surface area contributed by atoms with Crippen molar-refractivity contribution in [3.63, 3.8) is 0 Å². The Kier molecular flexibility index (Phi) is 1.98. The highest BCUT2D eigenvalue weighted by Gasteiger charge is 2.43. The number of Topliss-reactive ketones (excluding diaryl/α,β-unsaturated/α-hetero) is 1. The minimum Gasteiger partial charge on any atom is -0.369 e. The van der Waals surface area contributed by atoms with E-state index >= 15 is 0 Å². The first kappa shape index (κ1) is 8.24. The summed E-state index contributed by atoms with van der Waals surface area (Å²) >= 11 is 0. The molecule has 0 radical (unpaired) electrons. The molecule has 1 rings (SSSR count). The summed E-state index contributed by atoms with van der Waals surface area (Å²) in [5.74, 6) is -0.509. The van der Waals surface area contributed by atoms with E-state index in [4.69, 9.17) is 5.73 Å². The van der Waals surface area contributed by atoms with Crippen molar-refractivity contribution in [2.75, 3.05) is 0 Å². The Bertz CT molecular complexity index is 176. The van der Waals surface area contributed by atoms with Gasteiger partial charge in [0, 0.05) is 0 Å². The van der Waals surface area contributed by atoms with Crippen LogP contribution in [0.2, 0.25) is 0 Å². The van der Waals surface area contributed by atoms with Crippen molar-refractivity contribution in [2.45, 2.75) is 32.6 Å². The van der Waals surface area contributed by atoms with Crippen LogP contribution in [0.15, 0.2) is 0 Å². The van der Waals surface area contributed by atoms with E-state index in [0.717, 1.165) is 12.8 Å². The predicted molar refractivity (Wildman–Crippen MR) is 40.8 cm³/mol. The Balaban J connectivity index is 2.87. The number of ketones is 1. The average Bonchev–Trinajstić information content (AvgIpc) is 2.34. The predicted octanol–water partition coefficient (Wildman–Crippen LogP) is 0.621. The molecule has 0 bridgehead atoms. The second-order valence-corrected chi connectivity index (χ2v) is 3.21. The molecule has 0 atom stereocenters. The molecule has 62 valence electrons. The van der Waals surface area contributed by atoms with E-state index < -0.39 is 11.3 Å².